The summed E-state index contributed by atoms with van der Waals surface area (Å²) in [5.41, 5.74) is 2.01. The van der Waals surface area contributed by atoms with Gasteiger partial charge in [-0.05, 0) is 55.9 Å². The Hall–Kier alpha value is -3.01. The number of nitrogens with zero attached hydrogens (tertiary/aromatic N) is 6. The zero-order chi connectivity index (χ0) is 23.5. The maximum atomic E-state index is 12.2. The Labute approximate surface area is 197 Å². The van der Waals surface area contributed by atoms with E-state index >= 15 is 0 Å². The maximum Gasteiger partial charge on any atom is 0.409 e. The van der Waals surface area contributed by atoms with Gasteiger partial charge in [0.1, 0.15) is 13.3 Å². The van der Waals surface area contributed by atoms with Gasteiger partial charge in [-0.25, -0.2) is 9.18 Å². The smallest absolute Gasteiger partial charge is 0.409 e. The van der Waals surface area contributed by atoms with Crippen molar-refractivity contribution in [1.82, 2.24) is 29.7 Å². The fourth-order valence-electron chi connectivity index (χ4n) is 5.12. The first kappa shape index (κ1) is 22.8. The highest BCUT2D eigenvalue weighted by molar-refractivity contribution is 5.83. The molecule has 9 nitrogen and oxygen atoms in total. The van der Waals surface area contributed by atoms with E-state index < -0.39 is 12.8 Å². The van der Waals surface area contributed by atoms with Crippen molar-refractivity contribution >= 4 is 17.0 Å². The number of carbonyl (C=O) groups is 1. The van der Waals surface area contributed by atoms with Gasteiger partial charge in [0.15, 0.2) is 0 Å². The van der Waals surface area contributed by atoms with Crippen LogP contribution in [0.5, 0.6) is 0 Å². The van der Waals surface area contributed by atoms with Crippen molar-refractivity contribution in [3.63, 3.8) is 0 Å². The number of fused-ring (bicyclic) bond motifs is 1. The van der Waals surface area contributed by atoms with Crippen LogP contribution in [0, 0.1) is 5.92 Å². The van der Waals surface area contributed by atoms with Crippen molar-refractivity contribution in [3.8, 4) is 5.95 Å². The number of amides is 1. The van der Waals surface area contributed by atoms with E-state index in [-0.39, 0.29) is 12.5 Å². The lowest BCUT2D eigenvalue weighted by Gasteiger charge is -2.32. The van der Waals surface area contributed by atoms with Crippen molar-refractivity contribution in [1.29, 1.82) is 0 Å². The van der Waals surface area contributed by atoms with E-state index in [2.05, 4.69) is 23.0 Å². The molecular weight excluding hydrogens is 439 g/mol. The van der Waals surface area contributed by atoms with Crippen LogP contribution >= 0.6 is 0 Å². The predicted molar refractivity (Wildman–Crippen MR) is 124 cm³/mol. The lowest BCUT2D eigenvalue weighted by Crippen LogP contribution is -2.38. The maximum absolute atomic E-state index is 12.2. The van der Waals surface area contributed by atoms with Gasteiger partial charge in [0.2, 0.25) is 5.89 Å². The van der Waals surface area contributed by atoms with Crippen LogP contribution in [-0.4, -0.2) is 81.8 Å². The largest absolute Gasteiger partial charge is 0.447 e. The Morgan fingerprint density at radius 3 is 2.82 bits per heavy atom. The summed E-state index contributed by atoms with van der Waals surface area (Å²) in [4.78, 5) is 20.8. The average Bonchev–Trinajstić information content (AvgIpc) is 3.61. The van der Waals surface area contributed by atoms with Gasteiger partial charge >= 0.3 is 6.09 Å². The van der Waals surface area contributed by atoms with Crippen molar-refractivity contribution in [3.05, 3.63) is 35.9 Å². The molecule has 3 aromatic rings. The van der Waals surface area contributed by atoms with Crippen LogP contribution in [0.15, 0.2) is 28.8 Å². The average molecular weight is 471 g/mol. The Morgan fingerprint density at radius 2 is 2.03 bits per heavy atom. The minimum atomic E-state index is -0.641. The molecule has 2 saturated heterocycles. The van der Waals surface area contributed by atoms with Crippen LogP contribution < -0.4 is 0 Å². The SMILES string of the molecule is CCc1nn(-c2noc(C3CCN(C[C@H]4CCN(C(=O)OCCF)C4)CC3)n2)c2ccccc12. The molecule has 1 atom stereocenters. The summed E-state index contributed by atoms with van der Waals surface area (Å²) < 4.78 is 24.6. The first-order chi connectivity index (χ1) is 16.7. The minimum Gasteiger partial charge on any atom is -0.447 e. The molecular formula is C24H31FN6O3. The summed E-state index contributed by atoms with van der Waals surface area (Å²) in [7, 11) is 0. The van der Waals surface area contributed by atoms with Gasteiger partial charge in [-0.2, -0.15) is 14.8 Å². The minimum absolute atomic E-state index is 0.165. The topological polar surface area (TPSA) is 89.5 Å². The van der Waals surface area contributed by atoms with Crippen LogP contribution in [-0.2, 0) is 11.2 Å². The fourth-order valence-corrected chi connectivity index (χ4v) is 5.12. The molecule has 0 N–H and O–H groups in total. The third kappa shape index (κ3) is 4.64. The van der Waals surface area contributed by atoms with Crippen molar-refractivity contribution in [2.75, 3.05) is 46.0 Å². The van der Waals surface area contributed by atoms with Gasteiger partial charge in [-0.15, -0.1) is 0 Å². The molecule has 10 heteroatoms. The van der Waals surface area contributed by atoms with E-state index in [0.29, 0.717) is 30.8 Å². The van der Waals surface area contributed by atoms with E-state index in [1.165, 1.54) is 0 Å². The molecule has 0 radical (unpaired) electrons. The molecule has 182 valence electrons. The molecule has 2 aliphatic heterocycles. The quantitative estimate of drug-likeness (QED) is 0.521. The molecule has 0 saturated carbocycles. The van der Waals surface area contributed by atoms with Gasteiger partial charge in [-0.1, -0.05) is 25.1 Å². The van der Waals surface area contributed by atoms with Gasteiger partial charge in [-0.3, -0.25) is 0 Å². The highest BCUT2D eigenvalue weighted by Crippen LogP contribution is 2.29. The number of benzene rings is 1. The monoisotopic (exact) mass is 470 g/mol. The molecule has 1 aromatic carbocycles. The van der Waals surface area contributed by atoms with Crippen molar-refractivity contribution in [2.45, 2.75) is 38.5 Å². The number of para-hydroxylation sites is 1. The summed E-state index contributed by atoms with van der Waals surface area (Å²) in [6, 6.07) is 8.11. The molecule has 0 unspecified atom stereocenters. The molecule has 0 spiro atoms. The third-order valence-electron chi connectivity index (χ3n) is 6.92. The lowest BCUT2D eigenvalue weighted by molar-refractivity contribution is 0.101. The van der Waals surface area contributed by atoms with E-state index in [1.54, 1.807) is 9.58 Å². The predicted octanol–water partition coefficient (Wildman–Crippen LogP) is 3.58. The molecule has 2 aromatic heterocycles. The molecule has 0 aliphatic carbocycles. The molecule has 0 bridgehead atoms. The van der Waals surface area contributed by atoms with E-state index in [4.69, 9.17) is 19.3 Å². The Morgan fingerprint density at radius 1 is 1.21 bits per heavy atom. The Kier molecular flexibility index (Phi) is 6.75. The number of likely N-dealkylation sites (tertiary alicyclic amines) is 2. The van der Waals surface area contributed by atoms with E-state index in [0.717, 1.165) is 61.9 Å². The van der Waals surface area contributed by atoms with Crippen LogP contribution in [0.25, 0.3) is 16.9 Å². The number of carbonyl (C=O) groups excluding carboxylic acids is 1. The summed E-state index contributed by atoms with van der Waals surface area (Å²) >= 11 is 0. The Bertz CT molecular complexity index is 1120. The number of piperidine rings is 1. The zero-order valence-corrected chi connectivity index (χ0v) is 19.5. The molecule has 34 heavy (non-hydrogen) atoms. The molecule has 1 amide bonds. The standard InChI is InChI=1S/C24H31FN6O3/c1-2-20-19-5-3-4-6-21(19)31(27-20)23-26-22(34-28-23)18-8-11-29(12-9-18)15-17-7-13-30(16-17)24(32)33-14-10-25/h3-6,17-18H,2,7-16H2,1H3/t17-/m1/s1. The fraction of sp³-hybridized carbons (Fsp3) is 0.583. The second kappa shape index (κ2) is 10.1. The zero-order valence-electron chi connectivity index (χ0n) is 19.5. The second-order valence-corrected chi connectivity index (χ2v) is 9.14. The molecule has 2 aliphatic rings. The van der Waals surface area contributed by atoms with Gasteiger partial charge in [0.25, 0.3) is 5.95 Å². The first-order valence-electron chi connectivity index (χ1n) is 12.2. The number of hydrogen-bond acceptors (Lipinski definition) is 7. The number of ether oxygens (including phenoxy) is 1. The number of rotatable bonds is 7. The number of aromatic nitrogens is 4. The highest BCUT2D eigenvalue weighted by Gasteiger charge is 2.31. The number of aryl methyl sites for hydroxylation is 1. The number of alkyl halides is 1. The summed E-state index contributed by atoms with van der Waals surface area (Å²) in [6.07, 6.45) is 3.30. The normalized spacial score (nSPS) is 19.8. The van der Waals surface area contributed by atoms with Gasteiger partial charge in [0, 0.05) is 30.9 Å². The number of halogens is 1. The molecule has 2 fully saturated rings. The van der Waals surface area contributed by atoms with Crippen molar-refractivity contribution < 1.29 is 18.4 Å². The third-order valence-corrected chi connectivity index (χ3v) is 6.92. The Balaban J connectivity index is 1.16. The lowest BCUT2D eigenvalue weighted by atomic mass is 9.95. The van der Waals surface area contributed by atoms with Crippen LogP contribution in [0.4, 0.5) is 9.18 Å². The van der Waals surface area contributed by atoms with E-state index in [1.807, 2.05) is 18.2 Å². The van der Waals surface area contributed by atoms with Crippen LogP contribution in [0.3, 0.4) is 0 Å². The van der Waals surface area contributed by atoms with Crippen LogP contribution in [0.1, 0.15) is 43.7 Å². The molecule has 5 rings (SSSR count). The summed E-state index contributed by atoms with van der Waals surface area (Å²) in [5, 5.41) is 10.1. The highest BCUT2D eigenvalue weighted by atomic mass is 19.1. The molecule has 4 heterocycles. The van der Waals surface area contributed by atoms with Crippen molar-refractivity contribution in [2.24, 2.45) is 5.92 Å². The first-order valence-corrected chi connectivity index (χ1v) is 12.2. The van der Waals surface area contributed by atoms with E-state index in [9.17, 15) is 9.18 Å². The summed E-state index contributed by atoms with van der Waals surface area (Å²) in [5.74, 6) is 1.82. The second-order valence-electron chi connectivity index (χ2n) is 9.14. The van der Waals surface area contributed by atoms with Gasteiger partial charge < -0.3 is 19.1 Å². The van der Waals surface area contributed by atoms with Crippen LogP contribution in [0.2, 0.25) is 0 Å². The summed E-state index contributed by atoms with van der Waals surface area (Å²) in [6.45, 7) is 5.50. The number of hydrogen-bond donors (Lipinski definition) is 0. The van der Waals surface area contributed by atoms with Gasteiger partial charge in [0.05, 0.1) is 11.2 Å².